The van der Waals surface area contributed by atoms with Gasteiger partial charge in [0.25, 0.3) is 0 Å². The highest BCUT2D eigenvalue weighted by Gasteiger charge is 2.07. The van der Waals surface area contributed by atoms with Gasteiger partial charge in [0.2, 0.25) is 0 Å². The van der Waals surface area contributed by atoms with Crippen LogP contribution in [-0.4, -0.2) is 18.9 Å². The Bertz CT molecular complexity index is 297. The lowest BCUT2D eigenvalue weighted by molar-refractivity contribution is 0.109. The molecule has 0 fully saturated rings. The monoisotopic (exact) mass is 210 g/mol. The van der Waals surface area contributed by atoms with Gasteiger partial charge in [0.15, 0.2) is 12.0 Å². The zero-order valence-corrected chi connectivity index (χ0v) is 8.82. The van der Waals surface area contributed by atoms with Crippen LogP contribution >= 0.6 is 0 Å². The van der Waals surface area contributed by atoms with E-state index in [4.69, 9.17) is 15.9 Å². The molecule has 1 aromatic heterocycles. The van der Waals surface area contributed by atoms with Crippen molar-refractivity contribution < 1.29 is 9.21 Å². The minimum absolute atomic E-state index is 0.0854. The Morgan fingerprint density at radius 1 is 1.40 bits per heavy atom. The third kappa shape index (κ3) is 4.27. The Hall–Kier alpha value is -1.13. The van der Waals surface area contributed by atoms with Gasteiger partial charge in [-0.1, -0.05) is 6.42 Å². The van der Waals surface area contributed by atoms with E-state index in [1.54, 1.807) is 12.1 Å². The summed E-state index contributed by atoms with van der Waals surface area (Å²) in [5, 5.41) is 0. The molecule has 0 aromatic carbocycles. The second-order valence-electron chi connectivity index (χ2n) is 3.67. The van der Waals surface area contributed by atoms with Gasteiger partial charge in [0.1, 0.15) is 5.76 Å². The molecule has 1 atom stereocenters. The zero-order valence-electron chi connectivity index (χ0n) is 8.82. The van der Waals surface area contributed by atoms with Crippen LogP contribution in [0.25, 0.3) is 0 Å². The summed E-state index contributed by atoms with van der Waals surface area (Å²) >= 11 is 0. The van der Waals surface area contributed by atoms with Crippen molar-refractivity contribution in [3.63, 3.8) is 0 Å². The largest absolute Gasteiger partial charge is 0.458 e. The highest BCUT2D eigenvalue weighted by Crippen LogP contribution is 2.10. The van der Waals surface area contributed by atoms with Gasteiger partial charge in [-0.05, 0) is 31.5 Å². The quantitative estimate of drug-likeness (QED) is 0.521. The van der Waals surface area contributed by atoms with Crippen LogP contribution in [-0.2, 0) is 6.42 Å². The van der Waals surface area contributed by atoms with Crippen LogP contribution in [0.1, 0.15) is 35.6 Å². The summed E-state index contributed by atoms with van der Waals surface area (Å²) in [5.74, 6) is 1.14. The summed E-state index contributed by atoms with van der Waals surface area (Å²) in [5.41, 5.74) is 11.3. The number of carbonyl (C=O) groups excluding carboxylic acids is 1. The van der Waals surface area contributed by atoms with Crippen molar-refractivity contribution in [2.45, 2.75) is 31.7 Å². The molecule has 0 aliphatic carbocycles. The van der Waals surface area contributed by atoms with Crippen LogP contribution in [0.4, 0.5) is 0 Å². The van der Waals surface area contributed by atoms with Gasteiger partial charge in [-0.15, -0.1) is 0 Å². The minimum Gasteiger partial charge on any atom is -0.458 e. The molecule has 0 radical (unpaired) electrons. The van der Waals surface area contributed by atoms with Gasteiger partial charge in [-0.25, -0.2) is 0 Å². The average Bonchev–Trinajstić information content (AvgIpc) is 2.66. The Kier molecular flexibility index (Phi) is 5.07. The maximum atomic E-state index is 10.4. The topological polar surface area (TPSA) is 82.2 Å². The molecular weight excluding hydrogens is 192 g/mol. The fourth-order valence-electron chi connectivity index (χ4n) is 1.48. The van der Waals surface area contributed by atoms with Gasteiger partial charge in [-0.3, -0.25) is 4.79 Å². The molecule has 0 bridgehead atoms. The zero-order chi connectivity index (χ0) is 11.1. The molecule has 15 heavy (non-hydrogen) atoms. The molecule has 0 amide bonds. The number of unbranched alkanes of at least 4 members (excludes halogenated alkanes) is 1. The second kappa shape index (κ2) is 6.37. The Morgan fingerprint density at radius 2 is 2.20 bits per heavy atom. The third-order valence-electron chi connectivity index (χ3n) is 2.29. The molecule has 4 heteroatoms. The summed E-state index contributed by atoms with van der Waals surface area (Å²) in [7, 11) is 0. The van der Waals surface area contributed by atoms with E-state index in [-0.39, 0.29) is 6.04 Å². The van der Waals surface area contributed by atoms with Gasteiger partial charge < -0.3 is 15.9 Å². The molecule has 4 nitrogen and oxygen atoms in total. The molecule has 0 saturated heterocycles. The first-order chi connectivity index (χ1) is 7.26. The van der Waals surface area contributed by atoms with E-state index in [0.29, 0.717) is 25.0 Å². The molecule has 1 heterocycles. The number of hydrogen-bond acceptors (Lipinski definition) is 4. The second-order valence-corrected chi connectivity index (χ2v) is 3.67. The van der Waals surface area contributed by atoms with E-state index in [2.05, 4.69) is 0 Å². The van der Waals surface area contributed by atoms with E-state index in [9.17, 15) is 4.79 Å². The standard InChI is InChI=1S/C11H18N2O2/c12-6-2-1-3-9(13)7-10-4-5-11(8-14)15-10/h4-5,8-9H,1-3,6-7,12-13H2. The van der Waals surface area contributed by atoms with Crippen molar-refractivity contribution in [3.05, 3.63) is 23.7 Å². The highest BCUT2D eigenvalue weighted by molar-refractivity contribution is 5.70. The lowest BCUT2D eigenvalue weighted by Gasteiger charge is -2.08. The number of aldehydes is 1. The first-order valence-corrected chi connectivity index (χ1v) is 5.25. The lowest BCUT2D eigenvalue weighted by Crippen LogP contribution is -2.22. The van der Waals surface area contributed by atoms with E-state index < -0.39 is 0 Å². The molecular formula is C11H18N2O2. The number of nitrogens with two attached hydrogens (primary N) is 2. The molecule has 0 aliphatic heterocycles. The molecule has 84 valence electrons. The molecule has 4 N–H and O–H groups in total. The maximum absolute atomic E-state index is 10.4. The van der Waals surface area contributed by atoms with E-state index in [0.717, 1.165) is 25.0 Å². The minimum atomic E-state index is 0.0854. The van der Waals surface area contributed by atoms with E-state index in [1.165, 1.54) is 0 Å². The average molecular weight is 210 g/mol. The number of hydrogen-bond donors (Lipinski definition) is 2. The number of furan rings is 1. The van der Waals surface area contributed by atoms with Crippen LogP contribution in [0.2, 0.25) is 0 Å². The Morgan fingerprint density at radius 3 is 2.80 bits per heavy atom. The number of carbonyl (C=O) groups is 1. The number of rotatable bonds is 7. The Balaban J connectivity index is 2.30. The fourth-order valence-corrected chi connectivity index (χ4v) is 1.48. The van der Waals surface area contributed by atoms with Gasteiger partial charge in [0.05, 0.1) is 0 Å². The van der Waals surface area contributed by atoms with Crippen LogP contribution in [0.15, 0.2) is 16.5 Å². The van der Waals surface area contributed by atoms with E-state index in [1.807, 2.05) is 0 Å². The van der Waals surface area contributed by atoms with Gasteiger partial charge in [0, 0.05) is 12.5 Å². The smallest absolute Gasteiger partial charge is 0.185 e. The molecule has 0 aliphatic rings. The van der Waals surface area contributed by atoms with Crippen molar-refractivity contribution in [2.75, 3.05) is 6.54 Å². The molecule has 1 rings (SSSR count). The molecule has 1 aromatic rings. The third-order valence-corrected chi connectivity index (χ3v) is 2.29. The summed E-state index contributed by atoms with van der Waals surface area (Å²) in [6.45, 7) is 0.711. The van der Waals surface area contributed by atoms with Crippen molar-refractivity contribution in [1.82, 2.24) is 0 Å². The summed E-state index contributed by atoms with van der Waals surface area (Å²) in [6, 6.07) is 3.55. The summed E-state index contributed by atoms with van der Waals surface area (Å²) in [4.78, 5) is 10.4. The molecule has 0 saturated carbocycles. The highest BCUT2D eigenvalue weighted by atomic mass is 16.3. The lowest BCUT2D eigenvalue weighted by atomic mass is 10.1. The van der Waals surface area contributed by atoms with Gasteiger partial charge in [-0.2, -0.15) is 0 Å². The van der Waals surface area contributed by atoms with Crippen LogP contribution in [0, 0.1) is 0 Å². The van der Waals surface area contributed by atoms with Crippen molar-refractivity contribution in [2.24, 2.45) is 11.5 Å². The predicted molar refractivity (Wildman–Crippen MR) is 58.7 cm³/mol. The normalized spacial score (nSPS) is 12.7. The van der Waals surface area contributed by atoms with Crippen molar-refractivity contribution in [1.29, 1.82) is 0 Å². The van der Waals surface area contributed by atoms with Crippen LogP contribution < -0.4 is 11.5 Å². The first kappa shape index (κ1) is 11.9. The maximum Gasteiger partial charge on any atom is 0.185 e. The summed E-state index contributed by atoms with van der Waals surface area (Å²) in [6.07, 6.45) is 4.36. The predicted octanol–water partition coefficient (Wildman–Crippen LogP) is 1.09. The summed E-state index contributed by atoms with van der Waals surface area (Å²) < 4.78 is 5.24. The fraction of sp³-hybridized carbons (Fsp3) is 0.545. The SMILES string of the molecule is NCCCCC(N)Cc1ccc(C=O)o1. The Labute approximate surface area is 89.6 Å². The van der Waals surface area contributed by atoms with Gasteiger partial charge >= 0.3 is 0 Å². The first-order valence-electron chi connectivity index (χ1n) is 5.25. The molecule has 1 unspecified atom stereocenters. The molecule has 0 spiro atoms. The van der Waals surface area contributed by atoms with Crippen LogP contribution in [0.3, 0.4) is 0 Å². The van der Waals surface area contributed by atoms with Crippen molar-refractivity contribution >= 4 is 6.29 Å². The van der Waals surface area contributed by atoms with Crippen molar-refractivity contribution in [3.8, 4) is 0 Å². The van der Waals surface area contributed by atoms with E-state index >= 15 is 0 Å². The van der Waals surface area contributed by atoms with Crippen LogP contribution in [0.5, 0.6) is 0 Å².